The second-order valence-electron chi connectivity index (χ2n) is 7.01. The van der Waals surface area contributed by atoms with Gasteiger partial charge in [0.25, 0.3) is 0 Å². The molecule has 6 heteroatoms. The second kappa shape index (κ2) is 8.17. The van der Waals surface area contributed by atoms with Crippen LogP contribution in [0.15, 0.2) is 76.0 Å². The Bertz CT molecular complexity index is 903. The zero-order valence-electron chi connectivity index (χ0n) is 15.5. The van der Waals surface area contributed by atoms with Crippen LogP contribution < -0.4 is 0 Å². The summed E-state index contributed by atoms with van der Waals surface area (Å²) in [6.45, 7) is 1.65. The topological polar surface area (TPSA) is 66.9 Å². The van der Waals surface area contributed by atoms with Crippen LogP contribution in [0.4, 0.5) is 0 Å². The third kappa shape index (κ3) is 4.17. The van der Waals surface area contributed by atoms with Crippen LogP contribution in [-0.2, 0) is 29.2 Å². The maximum atomic E-state index is 13.3. The van der Waals surface area contributed by atoms with Crippen LogP contribution in [0.3, 0.4) is 0 Å². The molecule has 0 N–H and O–H groups in total. The Labute approximate surface area is 163 Å². The smallest absolute Gasteiger partial charge is 0.228 e. The second-order valence-corrected chi connectivity index (χ2v) is 7.01. The van der Waals surface area contributed by atoms with Crippen LogP contribution in [-0.4, -0.2) is 28.2 Å². The van der Waals surface area contributed by atoms with E-state index in [1.807, 2.05) is 48.5 Å². The van der Waals surface area contributed by atoms with E-state index < -0.39 is 0 Å². The summed E-state index contributed by atoms with van der Waals surface area (Å²) in [7, 11) is 0. The van der Waals surface area contributed by atoms with Gasteiger partial charge in [-0.2, -0.15) is 0 Å². The molecule has 0 saturated carbocycles. The number of likely N-dealkylation sites (tertiary alicyclic amines) is 1. The highest BCUT2D eigenvalue weighted by atomic mass is 16.3. The van der Waals surface area contributed by atoms with Crippen molar-refractivity contribution in [1.82, 2.24) is 9.80 Å². The van der Waals surface area contributed by atoms with Crippen molar-refractivity contribution in [1.29, 1.82) is 0 Å². The Morgan fingerprint density at radius 1 is 0.964 bits per heavy atom. The van der Waals surface area contributed by atoms with Gasteiger partial charge in [0.1, 0.15) is 11.5 Å². The van der Waals surface area contributed by atoms with Crippen molar-refractivity contribution in [2.24, 2.45) is 5.92 Å². The van der Waals surface area contributed by atoms with Gasteiger partial charge < -0.3 is 18.6 Å². The van der Waals surface area contributed by atoms with Crippen LogP contribution in [0, 0.1) is 5.92 Å². The maximum Gasteiger partial charge on any atom is 0.228 e. The molecule has 28 heavy (non-hydrogen) atoms. The first-order chi connectivity index (χ1) is 13.7. The Morgan fingerprint density at radius 2 is 1.68 bits per heavy atom. The zero-order valence-corrected chi connectivity index (χ0v) is 15.5. The third-order valence-electron chi connectivity index (χ3n) is 4.95. The molecule has 2 aromatic heterocycles. The molecule has 1 atom stereocenters. The van der Waals surface area contributed by atoms with Crippen LogP contribution in [0.5, 0.6) is 0 Å². The lowest BCUT2D eigenvalue weighted by Crippen LogP contribution is -2.36. The van der Waals surface area contributed by atoms with Crippen LogP contribution in [0.1, 0.15) is 23.5 Å². The number of rotatable bonds is 7. The SMILES string of the molecule is O=C1CC(C(=O)N(Cc2ccccc2)Cc2ccco2)CN1Cc1ccco1. The van der Waals surface area contributed by atoms with Gasteiger partial charge in [0.2, 0.25) is 11.8 Å². The predicted octanol–water partition coefficient (Wildman–Crippen LogP) is 3.45. The molecule has 0 aliphatic carbocycles. The fourth-order valence-electron chi connectivity index (χ4n) is 3.55. The molecular formula is C22H22N2O4. The van der Waals surface area contributed by atoms with Gasteiger partial charge in [0.15, 0.2) is 0 Å². The molecule has 0 radical (unpaired) electrons. The molecule has 1 aliphatic rings. The largest absolute Gasteiger partial charge is 0.467 e. The summed E-state index contributed by atoms with van der Waals surface area (Å²) in [5.74, 6) is 1.03. The monoisotopic (exact) mass is 378 g/mol. The minimum absolute atomic E-state index is 0.0209. The minimum Gasteiger partial charge on any atom is -0.467 e. The van der Waals surface area contributed by atoms with Crippen molar-refractivity contribution in [2.45, 2.75) is 26.1 Å². The Balaban J connectivity index is 1.47. The van der Waals surface area contributed by atoms with E-state index in [4.69, 9.17) is 8.83 Å². The number of hydrogen-bond donors (Lipinski definition) is 0. The number of carbonyl (C=O) groups is 2. The number of nitrogens with zero attached hydrogens (tertiary/aromatic N) is 2. The highest BCUT2D eigenvalue weighted by Gasteiger charge is 2.37. The van der Waals surface area contributed by atoms with Crippen molar-refractivity contribution in [2.75, 3.05) is 6.54 Å². The molecule has 4 rings (SSSR count). The lowest BCUT2D eigenvalue weighted by atomic mass is 10.1. The van der Waals surface area contributed by atoms with Crippen LogP contribution in [0.2, 0.25) is 0 Å². The first-order valence-electron chi connectivity index (χ1n) is 9.34. The molecule has 1 aliphatic heterocycles. The minimum atomic E-state index is -0.360. The lowest BCUT2D eigenvalue weighted by Gasteiger charge is -2.25. The van der Waals surface area contributed by atoms with Gasteiger partial charge in [0, 0.05) is 19.5 Å². The summed E-state index contributed by atoms with van der Waals surface area (Å²) in [6.07, 6.45) is 3.41. The van der Waals surface area contributed by atoms with E-state index in [9.17, 15) is 9.59 Å². The summed E-state index contributed by atoms with van der Waals surface area (Å²) in [6, 6.07) is 17.1. The molecule has 1 saturated heterocycles. The Hall–Kier alpha value is -3.28. The molecular weight excluding hydrogens is 356 g/mol. The highest BCUT2D eigenvalue weighted by Crippen LogP contribution is 2.24. The molecule has 1 fully saturated rings. The number of hydrogen-bond acceptors (Lipinski definition) is 4. The van der Waals surface area contributed by atoms with Gasteiger partial charge in [-0.1, -0.05) is 30.3 Å². The summed E-state index contributed by atoms with van der Waals surface area (Å²) in [5.41, 5.74) is 1.04. The van der Waals surface area contributed by atoms with E-state index in [0.717, 1.165) is 17.1 Å². The third-order valence-corrected chi connectivity index (χ3v) is 4.95. The first kappa shape index (κ1) is 18.1. The van der Waals surface area contributed by atoms with E-state index in [0.29, 0.717) is 26.2 Å². The van der Waals surface area contributed by atoms with E-state index in [1.54, 1.807) is 28.4 Å². The predicted molar refractivity (Wildman–Crippen MR) is 102 cm³/mol. The summed E-state index contributed by atoms with van der Waals surface area (Å²) < 4.78 is 10.8. The molecule has 144 valence electrons. The summed E-state index contributed by atoms with van der Waals surface area (Å²) in [5, 5.41) is 0. The van der Waals surface area contributed by atoms with Gasteiger partial charge >= 0.3 is 0 Å². The van der Waals surface area contributed by atoms with Gasteiger partial charge in [-0.3, -0.25) is 9.59 Å². The fraction of sp³-hybridized carbons (Fsp3) is 0.273. The quantitative estimate of drug-likeness (QED) is 0.632. The van der Waals surface area contributed by atoms with Crippen molar-refractivity contribution < 1.29 is 18.4 Å². The average Bonchev–Trinajstić information content (AvgIpc) is 3.46. The maximum absolute atomic E-state index is 13.3. The number of furan rings is 2. The van der Waals surface area contributed by atoms with Gasteiger partial charge in [-0.15, -0.1) is 0 Å². The highest BCUT2D eigenvalue weighted by molar-refractivity contribution is 5.89. The molecule has 3 aromatic rings. The van der Waals surface area contributed by atoms with Crippen molar-refractivity contribution >= 4 is 11.8 Å². The molecule has 3 heterocycles. The van der Waals surface area contributed by atoms with Gasteiger partial charge in [-0.05, 0) is 29.8 Å². The van der Waals surface area contributed by atoms with Crippen molar-refractivity contribution in [3.63, 3.8) is 0 Å². The molecule has 1 unspecified atom stereocenters. The normalized spacial score (nSPS) is 16.5. The molecule has 1 aromatic carbocycles. The number of benzene rings is 1. The Kier molecular flexibility index (Phi) is 5.28. The Morgan fingerprint density at radius 3 is 2.36 bits per heavy atom. The first-order valence-corrected chi connectivity index (χ1v) is 9.34. The molecule has 2 amide bonds. The van der Waals surface area contributed by atoms with E-state index >= 15 is 0 Å². The molecule has 0 spiro atoms. The van der Waals surface area contributed by atoms with E-state index in [-0.39, 0.29) is 24.2 Å². The van der Waals surface area contributed by atoms with Gasteiger partial charge in [-0.25, -0.2) is 0 Å². The average molecular weight is 378 g/mol. The molecule has 0 bridgehead atoms. The zero-order chi connectivity index (χ0) is 19.3. The van der Waals surface area contributed by atoms with Crippen molar-refractivity contribution in [3.05, 3.63) is 84.2 Å². The van der Waals surface area contributed by atoms with Gasteiger partial charge in [0.05, 0.1) is 31.5 Å². The van der Waals surface area contributed by atoms with Crippen LogP contribution in [0.25, 0.3) is 0 Å². The number of amides is 2. The molecule has 6 nitrogen and oxygen atoms in total. The number of carbonyl (C=O) groups excluding carboxylic acids is 2. The van der Waals surface area contributed by atoms with E-state index in [2.05, 4.69) is 0 Å². The summed E-state index contributed by atoms with van der Waals surface area (Å²) >= 11 is 0. The summed E-state index contributed by atoms with van der Waals surface area (Å²) in [4.78, 5) is 29.1. The standard InChI is InChI=1S/C22H22N2O4/c25-21-12-18(14-23(21)15-19-8-4-10-27-19)22(26)24(16-20-9-5-11-28-20)13-17-6-2-1-3-7-17/h1-11,18H,12-16H2. The van der Waals surface area contributed by atoms with Crippen molar-refractivity contribution in [3.8, 4) is 0 Å². The fourth-order valence-corrected chi connectivity index (χ4v) is 3.55. The van der Waals surface area contributed by atoms with E-state index in [1.165, 1.54) is 0 Å². The van der Waals surface area contributed by atoms with Crippen LogP contribution >= 0.6 is 0 Å². The lowest BCUT2D eigenvalue weighted by molar-refractivity contribution is -0.137.